The van der Waals surface area contributed by atoms with Crippen LogP contribution in [-0.4, -0.2) is 10.1 Å². The standard InChI is InChI=1S/C10H6BrClFNOS/c11-8-4-16-10(14-8)9(15)5-1-2-6(12)7(13)3-5/h1-4,9,15H. The van der Waals surface area contributed by atoms with E-state index in [0.29, 0.717) is 15.2 Å². The van der Waals surface area contributed by atoms with Gasteiger partial charge in [-0.2, -0.15) is 0 Å². The van der Waals surface area contributed by atoms with Crippen molar-refractivity contribution in [3.63, 3.8) is 0 Å². The minimum absolute atomic E-state index is 0.0382. The Hall–Kier alpha value is -0.490. The molecule has 16 heavy (non-hydrogen) atoms. The van der Waals surface area contributed by atoms with E-state index >= 15 is 0 Å². The molecule has 0 aliphatic heterocycles. The van der Waals surface area contributed by atoms with Crippen LogP contribution in [0, 0.1) is 5.82 Å². The lowest BCUT2D eigenvalue weighted by Gasteiger charge is -2.08. The second-order valence-corrected chi connectivity index (χ2v) is 5.19. The van der Waals surface area contributed by atoms with E-state index in [2.05, 4.69) is 20.9 Å². The van der Waals surface area contributed by atoms with Gasteiger partial charge in [-0.3, -0.25) is 0 Å². The molecule has 1 atom stereocenters. The summed E-state index contributed by atoms with van der Waals surface area (Å²) >= 11 is 10.0. The number of thiazole rings is 1. The van der Waals surface area contributed by atoms with Gasteiger partial charge < -0.3 is 5.11 Å². The van der Waals surface area contributed by atoms with Gasteiger partial charge in [0, 0.05) is 5.38 Å². The number of nitrogens with zero attached hydrogens (tertiary/aromatic N) is 1. The zero-order valence-corrected chi connectivity index (χ0v) is 11.0. The molecule has 1 N–H and O–H groups in total. The zero-order chi connectivity index (χ0) is 11.7. The van der Waals surface area contributed by atoms with Gasteiger partial charge in [-0.25, -0.2) is 9.37 Å². The number of aliphatic hydroxyl groups excluding tert-OH is 1. The van der Waals surface area contributed by atoms with Crippen LogP contribution in [0.5, 0.6) is 0 Å². The molecule has 0 amide bonds. The van der Waals surface area contributed by atoms with Crippen molar-refractivity contribution in [1.29, 1.82) is 0 Å². The van der Waals surface area contributed by atoms with Gasteiger partial charge in [0.1, 0.15) is 21.5 Å². The predicted molar refractivity (Wildman–Crippen MR) is 65.3 cm³/mol. The topological polar surface area (TPSA) is 33.1 Å². The number of hydrogen-bond acceptors (Lipinski definition) is 3. The molecular formula is C10H6BrClFNOS. The fraction of sp³-hybridized carbons (Fsp3) is 0.100. The number of aliphatic hydroxyl groups is 1. The molecule has 0 aliphatic carbocycles. The largest absolute Gasteiger partial charge is 0.381 e. The van der Waals surface area contributed by atoms with Crippen LogP contribution < -0.4 is 0 Å². The van der Waals surface area contributed by atoms with E-state index in [-0.39, 0.29) is 5.02 Å². The van der Waals surface area contributed by atoms with Crippen molar-refractivity contribution in [3.05, 3.63) is 49.6 Å². The molecule has 1 unspecified atom stereocenters. The molecule has 0 saturated carbocycles. The maximum absolute atomic E-state index is 13.2. The molecule has 6 heteroatoms. The maximum Gasteiger partial charge on any atom is 0.142 e. The molecule has 1 aromatic heterocycles. The Morgan fingerprint density at radius 2 is 2.25 bits per heavy atom. The zero-order valence-electron chi connectivity index (χ0n) is 7.82. The van der Waals surface area contributed by atoms with Gasteiger partial charge >= 0.3 is 0 Å². The number of halogens is 3. The third-order valence-electron chi connectivity index (χ3n) is 1.99. The molecule has 2 rings (SSSR count). The lowest BCUT2D eigenvalue weighted by Crippen LogP contribution is -1.99. The fourth-order valence-corrected chi connectivity index (χ4v) is 2.61. The number of benzene rings is 1. The third kappa shape index (κ3) is 2.43. The first kappa shape index (κ1) is 12.0. The van der Waals surface area contributed by atoms with E-state index in [0.717, 1.165) is 0 Å². The molecule has 0 bridgehead atoms. The Kier molecular flexibility index (Phi) is 3.59. The quantitative estimate of drug-likeness (QED) is 0.913. The van der Waals surface area contributed by atoms with Crippen molar-refractivity contribution in [3.8, 4) is 0 Å². The predicted octanol–water partition coefficient (Wildman–Crippen LogP) is 3.78. The van der Waals surface area contributed by atoms with E-state index in [4.69, 9.17) is 11.6 Å². The van der Waals surface area contributed by atoms with E-state index in [9.17, 15) is 9.50 Å². The maximum atomic E-state index is 13.2. The monoisotopic (exact) mass is 321 g/mol. The van der Waals surface area contributed by atoms with Gasteiger partial charge in [-0.05, 0) is 33.6 Å². The Bertz CT molecular complexity index is 519. The fourth-order valence-electron chi connectivity index (χ4n) is 1.22. The summed E-state index contributed by atoms with van der Waals surface area (Å²) in [6, 6.07) is 4.20. The number of aromatic nitrogens is 1. The summed E-state index contributed by atoms with van der Waals surface area (Å²) in [5, 5.41) is 12.2. The Morgan fingerprint density at radius 3 is 2.81 bits per heavy atom. The molecular weight excluding hydrogens is 317 g/mol. The highest BCUT2D eigenvalue weighted by Gasteiger charge is 2.15. The Labute approximate surface area is 109 Å². The van der Waals surface area contributed by atoms with E-state index in [1.54, 1.807) is 11.4 Å². The minimum Gasteiger partial charge on any atom is -0.381 e. The normalized spacial score (nSPS) is 12.8. The average molecular weight is 323 g/mol. The van der Waals surface area contributed by atoms with Crippen LogP contribution in [-0.2, 0) is 0 Å². The highest BCUT2D eigenvalue weighted by atomic mass is 79.9. The summed E-state index contributed by atoms with van der Waals surface area (Å²) in [5.74, 6) is -0.547. The van der Waals surface area contributed by atoms with Crippen molar-refractivity contribution in [2.24, 2.45) is 0 Å². The molecule has 2 nitrogen and oxygen atoms in total. The molecule has 0 aliphatic rings. The van der Waals surface area contributed by atoms with Crippen LogP contribution in [0.15, 0.2) is 28.2 Å². The third-order valence-corrected chi connectivity index (χ3v) is 3.90. The van der Waals surface area contributed by atoms with Crippen LogP contribution in [0.25, 0.3) is 0 Å². The molecule has 2 aromatic rings. The molecule has 1 aromatic carbocycles. The Morgan fingerprint density at radius 1 is 1.50 bits per heavy atom. The van der Waals surface area contributed by atoms with Gasteiger partial charge in [0.15, 0.2) is 0 Å². The lowest BCUT2D eigenvalue weighted by atomic mass is 10.1. The van der Waals surface area contributed by atoms with Crippen LogP contribution in [0.3, 0.4) is 0 Å². The number of hydrogen-bond donors (Lipinski definition) is 1. The van der Waals surface area contributed by atoms with Gasteiger partial charge in [0.25, 0.3) is 0 Å². The molecule has 0 spiro atoms. The molecule has 1 heterocycles. The molecule has 0 radical (unpaired) electrons. The summed E-state index contributed by atoms with van der Waals surface area (Å²) in [6.45, 7) is 0. The first-order valence-electron chi connectivity index (χ1n) is 4.32. The van der Waals surface area contributed by atoms with Gasteiger partial charge in [-0.1, -0.05) is 17.7 Å². The molecule has 0 fully saturated rings. The summed E-state index contributed by atoms with van der Waals surface area (Å²) < 4.78 is 13.8. The number of rotatable bonds is 2. The minimum atomic E-state index is -0.928. The summed E-state index contributed by atoms with van der Waals surface area (Å²) in [5.41, 5.74) is 0.434. The van der Waals surface area contributed by atoms with Crippen molar-refractivity contribution in [1.82, 2.24) is 4.98 Å². The first-order chi connectivity index (χ1) is 7.58. The van der Waals surface area contributed by atoms with E-state index in [1.807, 2.05) is 0 Å². The van der Waals surface area contributed by atoms with Gasteiger partial charge in [0.2, 0.25) is 0 Å². The highest BCUT2D eigenvalue weighted by molar-refractivity contribution is 9.10. The SMILES string of the molecule is OC(c1ccc(Cl)c(F)c1)c1nc(Br)cs1. The van der Waals surface area contributed by atoms with Crippen LogP contribution in [0.2, 0.25) is 5.02 Å². The van der Waals surface area contributed by atoms with Crippen LogP contribution in [0.1, 0.15) is 16.7 Å². The average Bonchev–Trinajstić information content (AvgIpc) is 2.68. The van der Waals surface area contributed by atoms with Crippen molar-refractivity contribution >= 4 is 38.9 Å². The Balaban J connectivity index is 2.33. The summed E-state index contributed by atoms with van der Waals surface area (Å²) in [4.78, 5) is 4.07. The van der Waals surface area contributed by atoms with Gasteiger partial charge in [0.05, 0.1) is 5.02 Å². The van der Waals surface area contributed by atoms with Crippen LogP contribution >= 0.6 is 38.9 Å². The van der Waals surface area contributed by atoms with E-state index < -0.39 is 11.9 Å². The molecule has 84 valence electrons. The second kappa shape index (κ2) is 4.79. The first-order valence-corrected chi connectivity index (χ1v) is 6.37. The smallest absolute Gasteiger partial charge is 0.142 e. The van der Waals surface area contributed by atoms with Crippen molar-refractivity contribution in [2.75, 3.05) is 0 Å². The van der Waals surface area contributed by atoms with Crippen molar-refractivity contribution < 1.29 is 9.50 Å². The van der Waals surface area contributed by atoms with Gasteiger partial charge in [-0.15, -0.1) is 11.3 Å². The van der Waals surface area contributed by atoms with Crippen LogP contribution in [0.4, 0.5) is 4.39 Å². The highest BCUT2D eigenvalue weighted by Crippen LogP contribution is 2.28. The summed E-state index contributed by atoms with van der Waals surface area (Å²) in [7, 11) is 0. The lowest BCUT2D eigenvalue weighted by molar-refractivity contribution is 0.219. The summed E-state index contributed by atoms with van der Waals surface area (Å²) in [6.07, 6.45) is -0.928. The second-order valence-electron chi connectivity index (χ2n) is 3.08. The molecule has 0 saturated heterocycles. The van der Waals surface area contributed by atoms with Crippen molar-refractivity contribution in [2.45, 2.75) is 6.10 Å². The van der Waals surface area contributed by atoms with E-state index in [1.165, 1.54) is 23.5 Å².